The molecule has 10 nitrogen and oxygen atoms in total. The number of rotatable bonds is 7. The zero-order valence-electron chi connectivity index (χ0n) is 25.9. The number of anilines is 1. The van der Waals surface area contributed by atoms with E-state index in [1.54, 1.807) is 0 Å². The molecule has 232 valence electrons. The molecule has 2 atom stereocenters. The second-order valence-corrected chi connectivity index (χ2v) is 12.7. The summed E-state index contributed by atoms with van der Waals surface area (Å²) in [6.07, 6.45) is 4.83. The molecule has 2 N–H and O–H groups in total. The predicted octanol–water partition coefficient (Wildman–Crippen LogP) is 4.64. The number of H-pyrrole nitrogens is 1. The largest absolute Gasteiger partial charge is 0.361 e. The van der Waals surface area contributed by atoms with Crippen LogP contribution < -0.4 is 10.2 Å². The lowest BCUT2D eigenvalue weighted by atomic mass is 9.91. The van der Waals surface area contributed by atoms with Gasteiger partial charge in [0.05, 0.1) is 11.6 Å². The first kappa shape index (κ1) is 29.0. The topological polar surface area (TPSA) is 102 Å². The average molecular weight is 605 g/mol. The second-order valence-electron chi connectivity index (χ2n) is 12.7. The summed E-state index contributed by atoms with van der Waals surface area (Å²) in [4.78, 5) is 37.7. The van der Waals surface area contributed by atoms with Crippen LogP contribution in [0.25, 0.3) is 21.9 Å². The van der Waals surface area contributed by atoms with Crippen LogP contribution in [0.4, 0.5) is 10.5 Å². The number of carbonyl (C=O) groups is 2. The Labute approximate surface area is 263 Å². The van der Waals surface area contributed by atoms with E-state index in [-0.39, 0.29) is 18.0 Å². The quantitative estimate of drug-likeness (QED) is 0.282. The van der Waals surface area contributed by atoms with E-state index in [0.717, 1.165) is 59.0 Å². The van der Waals surface area contributed by atoms with E-state index < -0.39 is 6.04 Å². The molecule has 1 fully saturated rings. The van der Waals surface area contributed by atoms with Crippen molar-refractivity contribution in [3.8, 4) is 0 Å². The van der Waals surface area contributed by atoms with E-state index in [0.29, 0.717) is 32.0 Å². The number of nitrogens with zero attached hydrogens (tertiary/aromatic N) is 6. The lowest BCUT2D eigenvalue weighted by Crippen LogP contribution is -2.56. The Bertz CT molecular complexity index is 1820. The molecule has 4 heterocycles. The number of nitrogens with one attached hydrogen (secondary N) is 2. The van der Waals surface area contributed by atoms with Crippen molar-refractivity contribution in [1.82, 2.24) is 35.1 Å². The van der Waals surface area contributed by atoms with Gasteiger partial charge in [-0.3, -0.25) is 4.79 Å². The van der Waals surface area contributed by atoms with Crippen molar-refractivity contribution in [2.75, 3.05) is 45.2 Å². The highest BCUT2D eigenvalue weighted by atomic mass is 16.2. The number of hydrogen-bond acceptors (Lipinski definition) is 5. The van der Waals surface area contributed by atoms with Gasteiger partial charge in [0.15, 0.2) is 0 Å². The van der Waals surface area contributed by atoms with Gasteiger partial charge in [0.1, 0.15) is 11.6 Å². The van der Waals surface area contributed by atoms with E-state index in [2.05, 4.69) is 51.7 Å². The van der Waals surface area contributed by atoms with Crippen LogP contribution in [-0.2, 0) is 17.6 Å². The molecule has 3 amide bonds. The number of piperidine rings is 1. The maximum Gasteiger partial charge on any atom is 0.318 e. The number of fused-ring (bicyclic) bond motifs is 3. The number of likely N-dealkylation sites (tertiary alicyclic amines) is 1. The van der Waals surface area contributed by atoms with Crippen molar-refractivity contribution in [3.05, 3.63) is 90.1 Å². The molecule has 2 aliphatic rings. The van der Waals surface area contributed by atoms with Crippen LogP contribution >= 0.6 is 0 Å². The van der Waals surface area contributed by atoms with Gasteiger partial charge in [0.2, 0.25) is 5.91 Å². The number of para-hydroxylation sites is 3. The number of hydrogen-bond donors (Lipinski definition) is 2. The standard InChI is InChI=1S/C35H40N8O2/c1-40(2)22-24-19-25-9-3-7-13-32(25)42(23-24)34(44)31(20-26-21-36-29-11-5-4-10-28(26)29)37-35(45)41-17-15-27(16-18-41)43-33-14-8-6-12-30(33)38-39-43/h3-14,21,24,27,31,36H,15-20,22-23H2,1-2H3,(H,37,45)/t24?,31-/m1/s1. The Morgan fingerprint density at radius 1 is 1.00 bits per heavy atom. The highest BCUT2D eigenvalue weighted by molar-refractivity contribution is 6.00. The molecule has 2 aromatic heterocycles. The third-order valence-electron chi connectivity index (χ3n) is 9.29. The summed E-state index contributed by atoms with van der Waals surface area (Å²) in [5, 5.41) is 13.0. The fourth-order valence-electron chi connectivity index (χ4n) is 7.15. The zero-order valence-corrected chi connectivity index (χ0v) is 25.9. The summed E-state index contributed by atoms with van der Waals surface area (Å²) in [5.74, 6) is 0.226. The molecule has 0 radical (unpaired) electrons. The monoisotopic (exact) mass is 604 g/mol. The summed E-state index contributed by atoms with van der Waals surface area (Å²) < 4.78 is 1.99. The first-order valence-corrected chi connectivity index (χ1v) is 15.9. The van der Waals surface area contributed by atoms with Crippen molar-refractivity contribution in [1.29, 1.82) is 0 Å². The molecule has 45 heavy (non-hydrogen) atoms. The summed E-state index contributed by atoms with van der Waals surface area (Å²) >= 11 is 0. The highest BCUT2D eigenvalue weighted by Gasteiger charge is 2.35. The first-order chi connectivity index (χ1) is 21.9. The van der Waals surface area contributed by atoms with Gasteiger partial charge >= 0.3 is 6.03 Å². The number of carbonyl (C=O) groups excluding carboxylic acids is 2. The van der Waals surface area contributed by atoms with Gasteiger partial charge in [-0.25, -0.2) is 9.48 Å². The first-order valence-electron chi connectivity index (χ1n) is 15.9. The number of urea groups is 1. The van der Waals surface area contributed by atoms with Crippen LogP contribution in [0.3, 0.4) is 0 Å². The normalized spacial score (nSPS) is 18.0. The van der Waals surface area contributed by atoms with Crippen LogP contribution in [0, 0.1) is 5.92 Å². The molecular formula is C35H40N8O2. The van der Waals surface area contributed by atoms with Crippen LogP contribution in [0.1, 0.15) is 30.0 Å². The molecule has 1 saturated heterocycles. The van der Waals surface area contributed by atoms with Crippen molar-refractivity contribution >= 4 is 39.6 Å². The molecule has 0 bridgehead atoms. The maximum absolute atomic E-state index is 14.6. The Hall–Kier alpha value is -4.70. The van der Waals surface area contributed by atoms with Crippen LogP contribution in [0.5, 0.6) is 0 Å². The minimum absolute atomic E-state index is 0.0755. The fraction of sp³-hybridized carbons (Fsp3) is 0.371. The summed E-state index contributed by atoms with van der Waals surface area (Å²) in [7, 11) is 4.14. The molecule has 0 saturated carbocycles. The predicted molar refractivity (Wildman–Crippen MR) is 176 cm³/mol. The van der Waals surface area contributed by atoms with Crippen molar-refractivity contribution in [3.63, 3.8) is 0 Å². The zero-order chi connectivity index (χ0) is 30.9. The molecular weight excluding hydrogens is 564 g/mol. The van der Waals surface area contributed by atoms with Gasteiger partial charge in [0, 0.05) is 55.4 Å². The molecule has 2 aliphatic heterocycles. The Morgan fingerprint density at radius 2 is 1.76 bits per heavy atom. The summed E-state index contributed by atoms with van der Waals surface area (Å²) in [6.45, 7) is 2.66. The van der Waals surface area contributed by atoms with E-state index in [1.165, 1.54) is 5.56 Å². The summed E-state index contributed by atoms with van der Waals surface area (Å²) in [5.41, 5.74) is 6.03. The highest BCUT2D eigenvalue weighted by Crippen LogP contribution is 2.31. The minimum atomic E-state index is -0.722. The van der Waals surface area contributed by atoms with Gasteiger partial charge in [-0.05, 0) is 74.7 Å². The Morgan fingerprint density at radius 3 is 2.60 bits per heavy atom. The van der Waals surface area contributed by atoms with Crippen LogP contribution in [0.15, 0.2) is 79.0 Å². The average Bonchev–Trinajstić information content (AvgIpc) is 3.68. The number of aromatic nitrogens is 4. The number of amides is 3. The summed E-state index contributed by atoms with van der Waals surface area (Å²) in [6, 6.07) is 23.5. The third kappa shape index (κ3) is 5.90. The number of aromatic amines is 1. The fourth-order valence-corrected chi connectivity index (χ4v) is 7.15. The molecule has 5 aromatic rings. The van der Waals surface area contributed by atoms with E-state index >= 15 is 0 Å². The lowest BCUT2D eigenvalue weighted by molar-refractivity contribution is -0.120. The van der Waals surface area contributed by atoms with Gasteiger partial charge in [-0.1, -0.05) is 53.7 Å². The van der Waals surface area contributed by atoms with Crippen molar-refractivity contribution in [2.45, 2.75) is 37.8 Å². The van der Waals surface area contributed by atoms with E-state index in [9.17, 15) is 9.59 Å². The number of benzene rings is 3. The minimum Gasteiger partial charge on any atom is -0.361 e. The van der Waals surface area contributed by atoms with E-state index in [1.807, 2.05) is 81.3 Å². The third-order valence-corrected chi connectivity index (χ3v) is 9.29. The SMILES string of the molecule is CN(C)CC1Cc2ccccc2N(C(=O)[C@@H](Cc2c[nH]c3ccccc23)NC(=O)N2CCC(n3nnc4ccccc43)CC2)C1. The van der Waals surface area contributed by atoms with Gasteiger partial charge in [-0.2, -0.15) is 0 Å². The van der Waals surface area contributed by atoms with Gasteiger partial charge in [0.25, 0.3) is 0 Å². The van der Waals surface area contributed by atoms with Gasteiger partial charge < -0.3 is 25.0 Å². The lowest BCUT2D eigenvalue weighted by Gasteiger charge is -2.38. The van der Waals surface area contributed by atoms with Crippen LogP contribution in [0.2, 0.25) is 0 Å². The molecule has 0 spiro atoms. The maximum atomic E-state index is 14.6. The Balaban J connectivity index is 1.12. The Kier molecular flexibility index (Phi) is 7.97. The molecule has 3 aromatic carbocycles. The van der Waals surface area contributed by atoms with Crippen molar-refractivity contribution < 1.29 is 9.59 Å². The van der Waals surface area contributed by atoms with Crippen molar-refractivity contribution in [2.24, 2.45) is 5.92 Å². The molecule has 7 rings (SSSR count). The molecule has 1 unspecified atom stereocenters. The molecule has 0 aliphatic carbocycles. The van der Waals surface area contributed by atoms with Crippen LogP contribution in [-0.4, -0.2) is 88.0 Å². The second kappa shape index (κ2) is 12.4. The molecule has 10 heteroatoms. The van der Waals surface area contributed by atoms with E-state index in [4.69, 9.17) is 0 Å². The van der Waals surface area contributed by atoms with Gasteiger partial charge in [-0.15, -0.1) is 5.10 Å². The smallest absolute Gasteiger partial charge is 0.318 e.